The summed E-state index contributed by atoms with van der Waals surface area (Å²) in [5, 5.41) is 0. The molecule has 0 aromatic heterocycles. The third kappa shape index (κ3) is 3.59. The second-order valence-corrected chi connectivity index (χ2v) is 8.73. The lowest BCUT2D eigenvalue weighted by atomic mass is 9.81. The number of carbonyl (C=O) groups is 2. The Hall–Kier alpha value is -1.97. The molecule has 0 saturated carbocycles. The molecule has 1 amide bonds. The van der Waals surface area contributed by atoms with Crippen LogP contribution in [0.3, 0.4) is 0 Å². The first kappa shape index (κ1) is 19.8. The molecule has 0 radical (unpaired) electrons. The zero-order valence-corrected chi connectivity index (χ0v) is 16.3. The minimum absolute atomic E-state index is 0.0909. The lowest BCUT2D eigenvalue weighted by molar-refractivity contribution is -0.153. The van der Waals surface area contributed by atoms with Gasteiger partial charge in [-0.2, -0.15) is 0 Å². The molecule has 27 heavy (non-hydrogen) atoms. The lowest BCUT2D eigenvalue weighted by Gasteiger charge is -2.23. The number of nitrogens with zero attached hydrogens (tertiary/aromatic N) is 1. The van der Waals surface area contributed by atoms with E-state index < -0.39 is 15.4 Å². The first-order chi connectivity index (χ1) is 12.8. The quantitative estimate of drug-likeness (QED) is 0.708. The lowest BCUT2D eigenvalue weighted by Crippen LogP contribution is -2.41. The van der Waals surface area contributed by atoms with Gasteiger partial charge < -0.3 is 14.4 Å². The van der Waals surface area contributed by atoms with Gasteiger partial charge in [-0.25, -0.2) is 13.1 Å². The highest BCUT2D eigenvalue weighted by molar-refractivity contribution is 7.89. The van der Waals surface area contributed by atoms with Crippen LogP contribution >= 0.6 is 0 Å². The predicted molar refractivity (Wildman–Crippen MR) is 96.6 cm³/mol. The maximum atomic E-state index is 12.8. The number of methoxy groups -OCH3 is 1. The third-order valence-corrected chi connectivity index (χ3v) is 6.68. The fourth-order valence-corrected chi connectivity index (χ4v) is 4.80. The molecule has 1 N–H and O–H groups in total. The van der Waals surface area contributed by atoms with Crippen LogP contribution in [0.15, 0.2) is 29.2 Å². The van der Waals surface area contributed by atoms with E-state index in [-0.39, 0.29) is 35.8 Å². The Morgan fingerprint density at radius 3 is 2.67 bits per heavy atom. The fraction of sp³-hybridized carbons (Fsp3) is 0.556. The van der Waals surface area contributed by atoms with Crippen molar-refractivity contribution in [3.8, 4) is 0 Å². The highest BCUT2D eigenvalue weighted by atomic mass is 32.2. The Balaban J connectivity index is 1.75. The summed E-state index contributed by atoms with van der Waals surface area (Å²) >= 11 is 0. The molecule has 0 bridgehead atoms. The summed E-state index contributed by atoms with van der Waals surface area (Å²) in [6.07, 6.45) is 0.692. The topological polar surface area (TPSA) is 102 Å². The second-order valence-electron chi connectivity index (χ2n) is 6.97. The summed E-state index contributed by atoms with van der Waals surface area (Å²) in [6.45, 7) is 3.54. The van der Waals surface area contributed by atoms with Crippen LogP contribution in [0.1, 0.15) is 23.7 Å². The predicted octanol–water partition coefficient (Wildman–Crippen LogP) is 0.637. The molecule has 2 fully saturated rings. The van der Waals surface area contributed by atoms with Gasteiger partial charge in [-0.05, 0) is 30.7 Å². The normalized spacial score (nSPS) is 24.7. The molecule has 2 aliphatic heterocycles. The van der Waals surface area contributed by atoms with Crippen molar-refractivity contribution in [3.63, 3.8) is 0 Å². The molecule has 9 heteroatoms. The Morgan fingerprint density at radius 2 is 2.04 bits per heavy atom. The SMILES string of the molecule is CCCNS(=O)(=O)c1ccc(C(=O)N2C[C@H]3COC[C@@]3(C(=O)OC)C2)cc1. The molecule has 2 atom stereocenters. The van der Waals surface area contributed by atoms with Gasteiger partial charge in [0.1, 0.15) is 5.41 Å². The third-order valence-electron chi connectivity index (χ3n) is 5.21. The van der Waals surface area contributed by atoms with Crippen molar-refractivity contribution in [2.24, 2.45) is 11.3 Å². The molecule has 1 aromatic carbocycles. The standard InChI is InChI=1S/C18H24N2O6S/c1-3-8-19-27(23,24)15-6-4-13(5-7-15)16(21)20-9-14-10-26-12-18(14,11-20)17(22)25-2/h4-7,14,19H,3,8-12H2,1-2H3/t14-,18-/m0/s1. The minimum atomic E-state index is -3.57. The molecule has 2 aliphatic rings. The van der Waals surface area contributed by atoms with Gasteiger partial charge in [-0.3, -0.25) is 9.59 Å². The maximum absolute atomic E-state index is 12.8. The zero-order chi connectivity index (χ0) is 19.7. The Morgan fingerprint density at radius 1 is 1.33 bits per heavy atom. The van der Waals surface area contributed by atoms with Gasteiger partial charge in [0.25, 0.3) is 5.91 Å². The molecule has 8 nitrogen and oxygen atoms in total. The van der Waals surface area contributed by atoms with E-state index in [1.54, 1.807) is 4.90 Å². The van der Waals surface area contributed by atoms with Gasteiger partial charge in [0.15, 0.2) is 0 Å². The summed E-state index contributed by atoms with van der Waals surface area (Å²) in [6, 6.07) is 5.83. The molecule has 0 unspecified atom stereocenters. The monoisotopic (exact) mass is 396 g/mol. The fourth-order valence-electron chi connectivity index (χ4n) is 3.66. The van der Waals surface area contributed by atoms with E-state index in [2.05, 4.69) is 4.72 Å². The largest absolute Gasteiger partial charge is 0.468 e. The molecular weight excluding hydrogens is 372 g/mol. The number of sulfonamides is 1. The number of hydrogen-bond donors (Lipinski definition) is 1. The first-order valence-corrected chi connectivity index (χ1v) is 10.4. The Bertz CT molecular complexity index is 823. The van der Waals surface area contributed by atoms with Crippen LogP contribution in [-0.4, -0.2) is 65.2 Å². The number of likely N-dealkylation sites (tertiary alicyclic amines) is 1. The van der Waals surface area contributed by atoms with Gasteiger partial charge in [-0.15, -0.1) is 0 Å². The van der Waals surface area contributed by atoms with Crippen molar-refractivity contribution in [2.75, 3.05) is 40.0 Å². The van der Waals surface area contributed by atoms with E-state index in [1.807, 2.05) is 6.92 Å². The molecule has 2 saturated heterocycles. The van der Waals surface area contributed by atoms with E-state index in [0.717, 1.165) is 0 Å². The molecule has 2 heterocycles. The first-order valence-electron chi connectivity index (χ1n) is 8.89. The molecule has 0 aliphatic carbocycles. The van der Waals surface area contributed by atoms with Crippen LogP contribution in [-0.2, 0) is 24.3 Å². The van der Waals surface area contributed by atoms with Crippen molar-refractivity contribution >= 4 is 21.9 Å². The molecular formula is C18H24N2O6S. The Kier molecular flexibility index (Phi) is 5.55. The van der Waals surface area contributed by atoms with Gasteiger partial charge in [0.2, 0.25) is 10.0 Å². The summed E-state index contributed by atoms with van der Waals surface area (Å²) in [4.78, 5) is 26.8. The number of rotatable bonds is 6. The number of benzene rings is 1. The number of esters is 1. The summed E-state index contributed by atoms with van der Waals surface area (Å²) in [5.74, 6) is -0.686. The molecule has 1 aromatic rings. The smallest absolute Gasteiger partial charge is 0.316 e. The number of amides is 1. The second kappa shape index (κ2) is 7.57. The number of hydrogen-bond acceptors (Lipinski definition) is 6. The number of fused-ring (bicyclic) bond motifs is 1. The van der Waals surface area contributed by atoms with Gasteiger partial charge in [0, 0.05) is 31.1 Å². The van der Waals surface area contributed by atoms with Crippen molar-refractivity contribution in [1.29, 1.82) is 0 Å². The van der Waals surface area contributed by atoms with Gasteiger partial charge in [0.05, 0.1) is 25.2 Å². The summed E-state index contributed by atoms with van der Waals surface area (Å²) in [5.41, 5.74) is -0.428. The van der Waals surface area contributed by atoms with Crippen molar-refractivity contribution < 1.29 is 27.5 Å². The number of nitrogens with one attached hydrogen (secondary N) is 1. The van der Waals surface area contributed by atoms with Crippen LogP contribution in [0.5, 0.6) is 0 Å². The minimum Gasteiger partial charge on any atom is -0.468 e. The zero-order valence-electron chi connectivity index (χ0n) is 15.4. The van der Waals surface area contributed by atoms with Crippen molar-refractivity contribution in [2.45, 2.75) is 18.2 Å². The van der Waals surface area contributed by atoms with Gasteiger partial charge in [-0.1, -0.05) is 6.92 Å². The van der Waals surface area contributed by atoms with E-state index in [1.165, 1.54) is 31.4 Å². The number of carbonyl (C=O) groups excluding carboxylic acids is 2. The van der Waals surface area contributed by atoms with Crippen LogP contribution in [0, 0.1) is 11.3 Å². The Labute approximate surface area is 158 Å². The highest BCUT2D eigenvalue weighted by Crippen LogP contribution is 2.42. The highest BCUT2D eigenvalue weighted by Gasteiger charge is 2.57. The number of ether oxygens (including phenoxy) is 2. The maximum Gasteiger partial charge on any atom is 0.316 e. The summed E-state index contributed by atoms with van der Waals surface area (Å²) in [7, 11) is -2.24. The molecule has 3 rings (SSSR count). The van der Waals surface area contributed by atoms with E-state index >= 15 is 0 Å². The van der Waals surface area contributed by atoms with E-state index in [9.17, 15) is 18.0 Å². The van der Waals surface area contributed by atoms with E-state index in [4.69, 9.17) is 9.47 Å². The van der Waals surface area contributed by atoms with Crippen molar-refractivity contribution in [3.05, 3.63) is 29.8 Å². The van der Waals surface area contributed by atoms with Crippen LogP contribution in [0.4, 0.5) is 0 Å². The van der Waals surface area contributed by atoms with E-state index in [0.29, 0.717) is 31.7 Å². The van der Waals surface area contributed by atoms with Crippen LogP contribution < -0.4 is 4.72 Å². The van der Waals surface area contributed by atoms with Gasteiger partial charge >= 0.3 is 5.97 Å². The molecule has 0 spiro atoms. The summed E-state index contributed by atoms with van der Waals surface area (Å²) < 4.78 is 37.1. The van der Waals surface area contributed by atoms with Crippen molar-refractivity contribution in [1.82, 2.24) is 9.62 Å². The van der Waals surface area contributed by atoms with Crippen LogP contribution in [0.2, 0.25) is 0 Å². The van der Waals surface area contributed by atoms with Crippen LogP contribution in [0.25, 0.3) is 0 Å². The molecule has 148 valence electrons. The average molecular weight is 396 g/mol. The average Bonchev–Trinajstić information content (AvgIpc) is 3.23.